The smallest absolute Gasteiger partial charge is 0.0501 e. The highest BCUT2D eigenvalue weighted by Crippen LogP contribution is 2.57. The van der Waals surface area contributed by atoms with Crippen molar-refractivity contribution in [1.29, 1.82) is 0 Å². The van der Waals surface area contributed by atoms with Gasteiger partial charge in [-0.15, -0.1) is 13.2 Å². The van der Waals surface area contributed by atoms with E-state index >= 15 is 0 Å². The molecule has 0 saturated heterocycles. The molecule has 0 spiro atoms. The van der Waals surface area contributed by atoms with Crippen LogP contribution < -0.4 is 0 Å². The summed E-state index contributed by atoms with van der Waals surface area (Å²) in [5.41, 5.74) is 1.42. The van der Waals surface area contributed by atoms with Gasteiger partial charge in [-0.2, -0.15) is 0 Å². The van der Waals surface area contributed by atoms with E-state index in [0.717, 1.165) is 19.2 Å². The molecule has 1 aromatic rings. The van der Waals surface area contributed by atoms with Gasteiger partial charge in [-0.25, -0.2) is 0 Å². The first-order valence-electron chi connectivity index (χ1n) is 6.63. The molecule has 0 aliphatic carbocycles. The maximum Gasteiger partial charge on any atom is 0.0501 e. The maximum atomic E-state index is 5.27. The van der Waals surface area contributed by atoms with Crippen LogP contribution in [0, 0.1) is 0 Å². The SMILES string of the molecule is C=P(CCOC)(CCc1ccccc1)C(C)(C)C. The first-order chi connectivity index (χ1) is 8.39. The quantitative estimate of drug-likeness (QED) is 0.704. The Morgan fingerprint density at radius 2 is 1.72 bits per heavy atom. The van der Waals surface area contributed by atoms with Crippen LogP contribution in [0.15, 0.2) is 30.3 Å². The molecule has 0 aliphatic rings. The zero-order chi connectivity index (χ0) is 13.6. The van der Waals surface area contributed by atoms with E-state index in [-0.39, 0.29) is 0 Å². The maximum absolute atomic E-state index is 5.27. The summed E-state index contributed by atoms with van der Waals surface area (Å²) in [5, 5.41) is 0.306. The minimum Gasteiger partial charge on any atom is -0.384 e. The van der Waals surface area contributed by atoms with Crippen LogP contribution in [0.2, 0.25) is 0 Å². The normalized spacial score (nSPS) is 15.3. The van der Waals surface area contributed by atoms with Gasteiger partial charge in [0.2, 0.25) is 0 Å². The molecule has 1 aromatic carbocycles. The first kappa shape index (κ1) is 15.5. The standard InChI is InChI=1S/C16H27OP/c1-16(2,3)18(5,14-12-17-4)13-11-15-9-7-6-8-10-15/h6-10H,5,11-14H2,1-4H3. The molecule has 1 atom stereocenters. The summed E-state index contributed by atoms with van der Waals surface area (Å²) < 4.78 is 5.27. The number of ether oxygens (including phenoxy) is 1. The van der Waals surface area contributed by atoms with Crippen LogP contribution in [0.4, 0.5) is 0 Å². The lowest BCUT2D eigenvalue weighted by atomic mass is 10.2. The molecule has 0 bridgehead atoms. The van der Waals surface area contributed by atoms with Gasteiger partial charge in [-0.1, -0.05) is 51.1 Å². The molecule has 1 rings (SSSR count). The second-order valence-corrected chi connectivity index (χ2v) is 10.5. The van der Waals surface area contributed by atoms with Crippen molar-refractivity contribution in [1.82, 2.24) is 0 Å². The molecule has 0 aromatic heterocycles. The Bertz CT molecular complexity index is 389. The lowest BCUT2D eigenvalue weighted by Gasteiger charge is -2.38. The summed E-state index contributed by atoms with van der Waals surface area (Å²) in [6.07, 6.45) is 8.10. The molecular formula is C16H27OP. The van der Waals surface area contributed by atoms with Crippen LogP contribution in [-0.2, 0) is 11.2 Å². The molecule has 0 fully saturated rings. The third-order valence-electron chi connectivity index (χ3n) is 3.82. The van der Waals surface area contributed by atoms with E-state index in [9.17, 15) is 0 Å². The third-order valence-corrected chi connectivity index (χ3v) is 8.78. The first-order valence-corrected chi connectivity index (χ1v) is 8.98. The minimum atomic E-state index is -1.21. The highest BCUT2D eigenvalue weighted by atomic mass is 31.2. The topological polar surface area (TPSA) is 9.23 Å². The van der Waals surface area contributed by atoms with Gasteiger partial charge in [0.25, 0.3) is 0 Å². The van der Waals surface area contributed by atoms with Crippen molar-refractivity contribution >= 4 is 13.2 Å². The second-order valence-electron chi connectivity index (χ2n) is 5.99. The number of hydrogen-bond acceptors (Lipinski definition) is 1. The van der Waals surface area contributed by atoms with E-state index in [2.05, 4.69) is 57.4 Å². The largest absolute Gasteiger partial charge is 0.384 e. The van der Waals surface area contributed by atoms with Crippen LogP contribution in [-0.4, -0.2) is 37.5 Å². The van der Waals surface area contributed by atoms with Gasteiger partial charge in [0, 0.05) is 7.11 Å². The summed E-state index contributed by atoms with van der Waals surface area (Å²) in [4.78, 5) is 0. The van der Waals surface area contributed by atoms with Gasteiger partial charge in [0.1, 0.15) is 0 Å². The average Bonchev–Trinajstić information content (AvgIpc) is 2.34. The van der Waals surface area contributed by atoms with Gasteiger partial charge in [0.05, 0.1) is 6.61 Å². The van der Waals surface area contributed by atoms with E-state index in [0.29, 0.717) is 5.16 Å². The molecule has 0 aliphatic heterocycles. The summed E-state index contributed by atoms with van der Waals surface area (Å²) in [6.45, 7) is 6.61. The highest BCUT2D eigenvalue weighted by molar-refractivity contribution is 7.75. The van der Waals surface area contributed by atoms with Crippen molar-refractivity contribution in [3.63, 3.8) is 0 Å². The summed E-state index contributed by atoms with van der Waals surface area (Å²) in [6, 6.07) is 10.7. The highest BCUT2D eigenvalue weighted by Gasteiger charge is 2.28. The Kier molecular flexibility index (Phi) is 5.69. The van der Waals surface area contributed by atoms with Gasteiger partial charge in [-0.05, 0) is 29.5 Å². The minimum absolute atomic E-state index is 0.306. The van der Waals surface area contributed by atoms with Crippen LogP contribution in [0.5, 0.6) is 0 Å². The Balaban J connectivity index is 2.71. The monoisotopic (exact) mass is 266 g/mol. The van der Waals surface area contributed by atoms with Crippen molar-refractivity contribution < 1.29 is 4.74 Å². The fourth-order valence-corrected chi connectivity index (χ4v) is 4.82. The van der Waals surface area contributed by atoms with Gasteiger partial charge in [0.15, 0.2) is 0 Å². The molecule has 0 radical (unpaired) electrons. The van der Waals surface area contributed by atoms with Crippen molar-refractivity contribution in [3.8, 4) is 0 Å². The van der Waals surface area contributed by atoms with Crippen molar-refractivity contribution in [3.05, 3.63) is 35.9 Å². The second kappa shape index (κ2) is 6.59. The molecular weight excluding hydrogens is 239 g/mol. The average molecular weight is 266 g/mol. The third kappa shape index (κ3) is 4.30. The molecule has 0 heterocycles. The number of methoxy groups -OCH3 is 1. The summed E-state index contributed by atoms with van der Waals surface area (Å²) in [5.74, 6) is 0. The van der Waals surface area contributed by atoms with Crippen LogP contribution in [0.25, 0.3) is 0 Å². The molecule has 18 heavy (non-hydrogen) atoms. The molecule has 2 heteroatoms. The fraction of sp³-hybridized carbons (Fsp3) is 0.562. The Labute approximate surface area is 113 Å². The van der Waals surface area contributed by atoms with E-state index < -0.39 is 6.89 Å². The van der Waals surface area contributed by atoms with Crippen molar-refractivity contribution in [2.75, 3.05) is 26.0 Å². The van der Waals surface area contributed by atoms with E-state index in [1.165, 1.54) is 11.7 Å². The lowest BCUT2D eigenvalue weighted by molar-refractivity contribution is 0.217. The number of hydrogen-bond donors (Lipinski definition) is 0. The summed E-state index contributed by atoms with van der Waals surface area (Å²) >= 11 is 0. The molecule has 102 valence electrons. The summed E-state index contributed by atoms with van der Waals surface area (Å²) in [7, 11) is 1.78. The molecule has 1 nitrogen and oxygen atoms in total. The van der Waals surface area contributed by atoms with Crippen LogP contribution in [0.3, 0.4) is 0 Å². The van der Waals surface area contributed by atoms with Gasteiger partial charge >= 0.3 is 0 Å². The van der Waals surface area contributed by atoms with Gasteiger partial charge < -0.3 is 4.74 Å². The zero-order valence-corrected chi connectivity index (χ0v) is 13.2. The predicted molar refractivity (Wildman–Crippen MR) is 85.6 cm³/mol. The van der Waals surface area contributed by atoms with E-state index in [4.69, 9.17) is 4.74 Å². The molecule has 0 amide bonds. The Hall–Kier alpha value is -0.520. The molecule has 1 unspecified atom stereocenters. The number of benzene rings is 1. The molecule has 0 N–H and O–H groups in total. The fourth-order valence-electron chi connectivity index (χ4n) is 2.04. The zero-order valence-electron chi connectivity index (χ0n) is 12.3. The Morgan fingerprint density at radius 3 is 2.22 bits per heavy atom. The van der Waals surface area contributed by atoms with Crippen LogP contribution in [0.1, 0.15) is 26.3 Å². The van der Waals surface area contributed by atoms with Crippen molar-refractivity contribution in [2.24, 2.45) is 0 Å². The van der Waals surface area contributed by atoms with Crippen LogP contribution >= 0.6 is 6.89 Å². The van der Waals surface area contributed by atoms with Crippen molar-refractivity contribution in [2.45, 2.75) is 32.3 Å². The predicted octanol–water partition coefficient (Wildman–Crippen LogP) is 4.12. The molecule has 0 saturated carbocycles. The van der Waals surface area contributed by atoms with Gasteiger partial charge in [-0.3, -0.25) is 0 Å². The van der Waals surface area contributed by atoms with E-state index in [1.807, 2.05) is 0 Å². The van der Waals surface area contributed by atoms with E-state index in [1.54, 1.807) is 7.11 Å². The number of aryl methyl sites for hydroxylation is 1. The number of rotatable bonds is 6. The Morgan fingerprint density at radius 1 is 1.11 bits per heavy atom. The lowest BCUT2D eigenvalue weighted by Crippen LogP contribution is -2.22.